The molecule has 118 valence electrons. The molecule has 1 aromatic carbocycles. The zero-order valence-electron chi connectivity index (χ0n) is 12.0. The van der Waals surface area contributed by atoms with Gasteiger partial charge < -0.3 is 10.1 Å². The lowest BCUT2D eigenvalue weighted by Gasteiger charge is -2.09. The molecule has 1 amide bonds. The third-order valence-electron chi connectivity index (χ3n) is 3.40. The molecule has 0 heterocycles. The van der Waals surface area contributed by atoms with E-state index in [4.69, 9.17) is 27.9 Å². The number of hydrogen-bond donors (Lipinski definition) is 1. The van der Waals surface area contributed by atoms with Crippen LogP contribution in [0.3, 0.4) is 0 Å². The monoisotopic (exact) mass is 341 g/mol. The van der Waals surface area contributed by atoms with Crippen LogP contribution in [0.4, 0.5) is 0 Å². The summed E-state index contributed by atoms with van der Waals surface area (Å²) >= 11 is 11.8. The number of amides is 1. The van der Waals surface area contributed by atoms with Crippen LogP contribution in [0.25, 0.3) is 0 Å². The summed E-state index contributed by atoms with van der Waals surface area (Å²) in [7, 11) is 0. The first-order valence-electron chi connectivity index (χ1n) is 7.07. The molecule has 0 spiro atoms. The van der Waals surface area contributed by atoms with E-state index in [-0.39, 0.29) is 30.9 Å². The number of carbonyl (C=O) groups excluding carboxylic acids is 2. The number of carbonyl (C=O) groups is 2. The molecule has 6 heteroatoms. The van der Waals surface area contributed by atoms with Gasteiger partial charge in [0.2, 0.25) is 0 Å². The van der Waals surface area contributed by atoms with E-state index in [0.717, 1.165) is 18.4 Å². The first-order chi connectivity index (χ1) is 10.5. The standard InChI is InChI=1S/C16H17Cl2NO3/c17-13-6-5-12(14(18)8-13)9-19-15(20)10-22-16(21)7-11-3-1-2-4-11/h1,3,5-6,8,11H,2,4,7,9-10H2,(H,19,20)/t11-/m0/s1. The SMILES string of the molecule is O=C(COC(=O)C[C@H]1C=CCC1)NCc1ccc(Cl)cc1Cl. The van der Waals surface area contributed by atoms with Crippen molar-refractivity contribution in [3.05, 3.63) is 46.0 Å². The molecule has 0 saturated heterocycles. The van der Waals surface area contributed by atoms with Gasteiger partial charge in [0.05, 0.1) is 6.42 Å². The predicted octanol–water partition coefficient (Wildman–Crippen LogP) is 3.51. The van der Waals surface area contributed by atoms with Gasteiger partial charge in [0, 0.05) is 16.6 Å². The Kier molecular flexibility index (Phi) is 6.28. The second-order valence-corrected chi connectivity index (χ2v) is 5.99. The predicted molar refractivity (Wildman–Crippen MR) is 85.7 cm³/mol. The third-order valence-corrected chi connectivity index (χ3v) is 3.98. The second-order valence-electron chi connectivity index (χ2n) is 5.14. The molecule has 2 rings (SSSR count). The van der Waals surface area contributed by atoms with E-state index in [1.165, 1.54) is 0 Å². The maximum Gasteiger partial charge on any atom is 0.306 e. The first kappa shape index (κ1) is 16.8. The van der Waals surface area contributed by atoms with Crippen LogP contribution in [0.2, 0.25) is 10.0 Å². The fourth-order valence-electron chi connectivity index (χ4n) is 2.19. The molecule has 4 nitrogen and oxygen atoms in total. The van der Waals surface area contributed by atoms with Gasteiger partial charge in [-0.3, -0.25) is 9.59 Å². The van der Waals surface area contributed by atoms with E-state index >= 15 is 0 Å². The normalized spacial score (nSPS) is 16.5. The molecule has 1 aliphatic carbocycles. The Labute approximate surface area is 139 Å². The largest absolute Gasteiger partial charge is 0.456 e. The summed E-state index contributed by atoms with van der Waals surface area (Å²) in [6, 6.07) is 5.05. The van der Waals surface area contributed by atoms with Gasteiger partial charge in [-0.15, -0.1) is 0 Å². The van der Waals surface area contributed by atoms with Crippen molar-refractivity contribution >= 4 is 35.1 Å². The van der Waals surface area contributed by atoms with Crippen LogP contribution in [0.5, 0.6) is 0 Å². The molecule has 22 heavy (non-hydrogen) atoms. The van der Waals surface area contributed by atoms with E-state index < -0.39 is 0 Å². The van der Waals surface area contributed by atoms with Crippen LogP contribution in [0.15, 0.2) is 30.4 Å². The molecule has 1 aliphatic rings. The van der Waals surface area contributed by atoms with Gasteiger partial charge in [-0.2, -0.15) is 0 Å². The van der Waals surface area contributed by atoms with Crippen molar-refractivity contribution in [2.45, 2.75) is 25.8 Å². The Morgan fingerprint density at radius 1 is 1.32 bits per heavy atom. The van der Waals surface area contributed by atoms with E-state index in [1.807, 2.05) is 6.08 Å². The molecule has 1 aromatic rings. The minimum Gasteiger partial charge on any atom is -0.456 e. The van der Waals surface area contributed by atoms with E-state index in [9.17, 15) is 9.59 Å². The maximum absolute atomic E-state index is 11.7. The highest BCUT2D eigenvalue weighted by atomic mass is 35.5. The minimum atomic E-state index is -0.360. The van der Waals surface area contributed by atoms with Gasteiger partial charge in [-0.1, -0.05) is 41.4 Å². The minimum absolute atomic E-state index is 0.239. The van der Waals surface area contributed by atoms with E-state index in [2.05, 4.69) is 11.4 Å². The van der Waals surface area contributed by atoms with Crippen molar-refractivity contribution in [2.75, 3.05) is 6.61 Å². The Balaban J connectivity index is 1.69. The highest BCUT2D eigenvalue weighted by Gasteiger charge is 2.16. The van der Waals surface area contributed by atoms with Gasteiger partial charge >= 0.3 is 5.97 Å². The summed E-state index contributed by atoms with van der Waals surface area (Å²) in [6.45, 7) is -0.0156. The van der Waals surface area contributed by atoms with E-state index in [0.29, 0.717) is 16.5 Å². The van der Waals surface area contributed by atoms with Gasteiger partial charge in [0.15, 0.2) is 6.61 Å². The molecular weight excluding hydrogens is 325 g/mol. The van der Waals surface area contributed by atoms with Crippen molar-refractivity contribution in [3.63, 3.8) is 0 Å². The Bertz CT molecular complexity index is 587. The third kappa shape index (κ3) is 5.35. The first-order valence-corrected chi connectivity index (χ1v) is 7.83. The number of esters is 1. The summed E-state index contributed by atoms with van der Waals surface area (Å²) in [6.07, 6.45) is 6.37. The van der Waals surface area contributed by atoms with Crippen molar-refractivity contribution < 1.29 is 14.3 Å². The van der Waals surface area contributed by atoms with Crippen LogP contribution in [0.1, 0.15) is 24.8 Å². The lowest BCUT2D eigenvalue weighted by Crippen LogP contribution is -2.28. The lowest BCUT2D eigenvalue weighted by atomic mass is 10.1. The molecule has 0 saturated carbocycles. The fourth-order valence-corrected chi connectivity index (χ4v) is 2.67. The Hall–Kier alpha value is -1.52. The molecule has 1 N–H and O–H groups in total. The summed E-state index contributed by atoms with van der Waals surface area (Å²) < 4.78 is 4.96. The average molecular weight is 342 g/mol. The van der Waals surface area contributed by atoms with Gasteiger partial charge in [0.1, 0.15) is 0 Å². The van der Waals surface area contributed by atoms with Crippen molar-refractivity contribution in [1.29, 1.82) is 0 Å². The number of rotatable bonds is 6. The average Bonchev–Trinajstić information content (AvgIpc) is 2.97. The van der Waals surface area contributed by atoms with Crippen LogP contribution in [0, 0.1) is 5.92 Å². The zero-order chi connectivity index (χ0) is 15.9. The number of benzene rings is 1. The number of hydrogen-bond acceptors (Lipinski definition) is 3. The molecule has 0 fully saturated rings. The summed E-state index contributed by atoms with van der Waals surface area (Å²) in [5.74, 6) is -0.471. The van der Waals surface area contributed by atoms with E-state index in [1.54, 1.807) is 18.2 Å². The number of halogens is 2. The number of nitrogens with one attached hydrogen (secondary N) is 1. The van der Waals surface area contributed by atoms with Gasteiger partial charge in [-0.25, -0.2) is 0 Å². The number of allylic oxidation sites excluding steroid dienone is 2. The summed E-state index contributed by atoms with van der Waals surface area (Å²) in [4.78, 5) is 23.3. The van der Waals surface area contributed by atoms with Gasteiger partial charge in [-0.05, 0) is 36.5 Å². The van der Waals surface area contributed by atoms with Crippen LogP contribution >= 0.6 is 23.2 Å². The lowest BCUT2D eigenvalue weighted by molar-refractivity contribution is -0.149. The topological polar surface area (TPSA) is 55.4 Å². The van der Waals surface area contributed by atoms with Gasteiger partial charge in [0.25, 0.3) is 5.91 Å². The Morgan fingerprint density at radius 2 is 2.14 bits per heavy atom. The highest BCUT2D eigenvalue weighted by molar-refractivity contribution is 6.35. The zero-order valence-corrected chi connectivity index (χ0v) is 13.5. The maximum atomic E-state index is 11.7. The van der Waals surface area contributed by atoms with Crippen molar-refractivity contribution in [3.8, 4) is 0 Å². The fraction of sp³-hybridized carbons (Fsp3) is 0.375. The smallest absolute Gasteiger partial charge is 0.306 e. The van der Waals surface area contributed by atoms with Crippen LogP contribution in [-0.2, 0) is 20.9 Å². The van der Waals surface area contributed by atoms with Crippen molar-refractivity contribution in [2.24, 2.45) is 5.92 Å². The quantitative estimate of drug-likeness (QED) is 0.636. The summed E-state index contributed by atoms with van der Waals surface area (Å²) in [5.41, 5.74) is 0.752. The second kappa shape index (κ2) is 8.20. The molecule has 0 radical (unpaired) electrons. The molecular formula is C16H17Cl2NO3. The van der Waals surface area contributed by atoms with Crippen LogP contribution < -0.4 is 5.32 Å². The molecule has 0 aliphatic heterocycles. The number of ether oxygens (including phenoxy) is 1. The van der Waals surface area contributed by atoms with Crippen molar-refractivity contribution in [1.82, 2.24) is 5.32 Å². The molecule has 0 bridgehead atoms. The molecule has 0 unspecified atom stereocenters. The molecule has 0 aromatic heterocycles. The molecule has 1 atom stereocenters. The Morgan fingerprint density at radius 3 is 2.82 bits per heavy atom. The van der Waals surface area contributed by atoms with Crippen LogP contribution in [-0.4, -0.2) is 18.5 Å². The summed E-state index contributed by atoms with van der Waals surface area (Å²) in [5, 5.41) is 3.67. The highest BCUT2D eigenvalue weighted by Crippen LogP contribution is 2.21.